The van der Waals surface area contributed by atoms with E-state index in [1.54, 1.807) is 12.3 Å². The Balaban J connectivity index is 1.50. The number of fused-ring (bicyclic) bond motifs is 3. The van der Waals surface area contributed by atoms with Crippen LogP contribution in [0.25, 0.3) is 22.3 Å². The summed E-state index contributed by atoms with van der Waals surface area (Å²) in [6.07, 6.45) is 1.03. The molecule has 5 heterocycles. The molecular weight excluding hydrogens is 443 g/mol. The van der Waals surface area contributed by atoms with Crippen molar-refractivity contribution in [3.8, 4) is 5.69 Å². The van der Waals surface area contributed by atoms with Gasteiger partial charge in [-0.2, -0.15) is 13.2 Å². The summed E-state index contributed by atoms with van der Waals surface area (Å²) in [4.78, 5) is 15.4. The minimum atomic E-state index is -4.63. The summed E-state index contributed by atoms with van der Waals surface area (Å²) in [7, 11) is 2.09. The second-order valence-electron chi connectivity index (χ2n) is 9.04. The number of nitrogens with two attached hydrogens (primary N) is 2. The van der Waals surface area contributed by atoms with Gasteiger partial charge in [-0.25, -0.2) is 0 Å². The van der Waals surface area contributed by atoms with Gasteiger partial charge in [0.15, 0.2) is 0 Å². The van der Waals surface area contributed by atoms with Crippen LogP contribution in [-0.4, -0.2) is 33.3 Å². The standard InChI is InChI=1S/C25H26F3N5O/c1-31-21-13-17(2-3-18(21)19-14-32-9-6-15(7-10-32)24(19)31)33-11-8-16(12-23(33)34)20(29)4-5-22(30)25(26,27)28/h2-5,8,11-13,15H,6-7,9-10,14,29-30H2,1H3/b20-4-,22-5-. The summed E-state index contributed by atoms with van der Waals surface area (Å²) in [5, 5.41) is 1.21. The number of piperidine rings is 1. The predicted molar refractivity (Wildman–Crippen MR) is 126 cm³/mol. The van der Waals surface area contributed by atoms with E-state index in [4.69, 9.17) is 11.5 Å². The first-order valence-electron chi connectivity index (χ1n) is 11.2. The van der Waals surface area contributed by atoms with Crippen molar-refractivity contribution in [3.05, 3.63) is 81.6 Å². The van der Waals surface area contributed by atoms with Crippen LogP contribution in [0, 0.1) is 0 Å². The normalized spacial score (nSPS) is 21.1. The molecule has 6 nitrogen and oxygen atoms in total. The molecule has 178 valence electrons. The average molecular weight is 470 g/mol. The third kappa shape index (κ3) is 3.79. The topological polar surface area (TPSA) is 82.2 Å². The first-order valence-corrected chi connectivity index (χ1v) is 11.2. The number of benzene rings is 1. The first-order chi connectivity index (χ1) is 16.1. The van der Waals surface area contributed by atoms with Crippen molar-refractivity contribution in [2.45, 2.75) is 31.5 Å². The van der Waals surface area contributed by atoms with Crippen LogP contribution in [0.4, 0.5) is 13.2 Å². The summed E-state index contributed by atoms with van der Waals surface area (Å²) in [5.41, 5.74) is 14.2. The Morgan fingerprint density at radius 3 is 2.50 bits per heavy atom. The number of aromatic nitrogens is 2. The molecule has 3 aliphatic heterocycles. The number of nitrogens with zero attached hydrogens (tertiary/aromatic N) is 3. The van der Waals surface area contributed by atoms with E-state index >= 15 is 0 Å². The van der Waals surface area contributed by atoms with Crippen LogP contribution in [0.3, 0.4) is 0 Å². The largest absolute Gasteiger partial charge is 0.430 e. The second-order valence-corrected chi connectivity index (χ2v) is 9.04. The molecule has 34 heavy (non-hydrogen) atoms. The summed E-state index contributed by atoms with van der Waals surface area (Å²) >= 11 is 0. The summed E-state index contributed by atoms with van der Waals surface area (Å²) in [6.45, 7) is 3.23. The number of rotatable bonds is 3. The minimum Gasteiger partial charge on any atom is -0.398 e. The molecule has 0 atom stereocenters. The van der Waals surface area contributed by atoms with Crippen LogP contribution in [0.2, 0.25) is 0 Å². The molecule has 1 fully saturated rings. The molecule has 0 amide bonds. The highest BCUT2D eigenvalue weighted by molar-refractivity contribution is 5.87. The molecule has 1 aromatic carbocycles. The van der Waals surface area contributed by atoms with Crippen molar-refractivity contribution in [2.24, 2.45) is 18.5 Å². The van der Waals surface area contributed by atoms with Gasteiger partial charge in [0.1, 0.15) is 5.70 Å². The Morgan fingerprint density at radius 1 is 1.09 bits per heavy atom. The van der Waals surface area contributed by atoms with Gasteiger partial charge in [-0.1, -0.05) is 6.07 Å². The van der Waals surface area contributed by atoms with Gasteiger partial charge in [-0.05, 0) is 61.8 Å². The Kier molecular flexibility index (Phi) is 5.31. The van der Waals surface area contributed by atoms with Gasteiger partial charge in [-0.15, -0.1) is 0 Å². The number of alkyl halides is 3. The molecule has 0 radical (unpaired) electrons. The zero-order valence-electron chi connectivity index (χ0n) is 18.8. The summed E-state index contributed by atoms with van der Waals surface area (Å²) in [5.74, 6) is 0.562. The Hall–Kier alpha value is -3.46. The number of pyridine rings is 1. The first kappa shape index (κ1) is 22.3. The molecule has 0 spiro atoms. The molecule has 2 aromatic heterocycles. The van der Waals surface area contributed by atoms with E-state index in [2.05, 4.69) is 22.6 Å². The van der Waals surface area contributed by atoms with E-state index in [0.717, 1.165) is 31.2 Å². The second kappa shape index (κ2) is 8.09. The smallest absolute Gasteiger partial charge is 0.398 e. The van der Waals surface area contributed by atoms with Crippen molar-refractivity contribution >= 4 is 16.6 Å². The number of allylic oxidation sites excluding steroid dienone is 3. The molecule has 4 N–H and O–H groups in total. The van der Waals surface area contributed by atoms with Crippen LogP contribution in [0.1, 0.15) is 35.6 Å². The average Bonchev–Trinajstić information content (AvgIpc) is 2.94. The fraction of sp³-hybridized carbons (Fsp3) is 0.320. The molecule has 0 saturated carbocycles. The van der Waals surface area contributed by atoms with Crippen molar-refractivity contribution in [1.29, 1.82) is 0 Å². The van der Waals surface area contributed by atoms with E-state index in [1.165, 1.54) is 40.1 Å². The van der Waals surface area contributed by atoms with Gasteiger partial charge in [0.2, 0.25) is 0 Å². The van der Waals surface area contributed by atoms with E-state index in [-0.39, 0.29) is 11.3 Å². The maximum Gasteiger partial charge on any atom is 0.430 e. The lowest BCUT2D eigenvalue weighted by Gasteiger charge is -2.27. The van der Waals surface area contributed by atoms with Crippen LogP contribution in [-0.2, 0) is 13.6 Å². The van der Waals surface area contributed by atoms with Crippen molar-refractivity contribution < 1.29 is 13.2 Å². The van der Waals surface area contributed by atoms with E-state index in [0.29, 0.717) is 23.2 Å². The van der Waals surface area contributed by atoms with Gasteiger partial charge in [-0.3, -0.25) is 14.3 Å². The number of halogens is 3. The monoisotopic (exact) mass is 469 g/mol. The zero-order valence-corrected chi connectivity index (χ0v) is 18.8. The maximum atomic E-state index is 12.9. The van der Waals surface area contributed by atoms with Gasteiger partial charge >= 0.3 is 6.18 Å². The highest BCUT2D eigenvalue weighted by Crippen LogP contribution is 2.40. The SMILES string of the molecule is Cn1c2c(c3ccc(-n4ccc(/C(N)=C/C=C(\N)C(F)(F)F)cc4=O)cc31)CN1CCC2CC1. The lowest BCUT2D eigenvalue weighted by Crippen LogP contribution is -2.29. The molecule has 1 saturated heterocycles. The zero-order chi connectivity index (χ0) is 24.2. The Labute approximate surface area is 194 Å². The lowest BCUT2D eigenvalue weighted by atomic mass is 9.94. The number of aryl methyl sites for hydroxylation is 1. The van der Waals surface area contributed by atoms with Crippen molar-refractivity contribution in [3.63, 3.8) is 0 Å². The Morgan fingerprint density at radius 2 is 1.82 bits per heavy atom. The van der Waals surface area contributed by atoms with Crippen molar-refractivity contribution in [2.75, 3.05) is 13.1 Å². The molecule has 6 rings (SSSR count). The van der Waals surface area contributed by atoms with Crippen molar-refractivity contribution in [1.82, 2.24) is 14.0 Å². The summed E-state index contributed by atoms with van der Waals surface area (Å²) < 4.78 is 41.5. The van der Waals surface area contributed by atoms with E-state index in [1.807, 2.05) is 12.1 Å². The van der Waals surface area contributed by atoms with Gasteiger partial charge in [0, 0.05) is 54.1 Å². The van der Waals surface area contributed by atoms with Crippen LogP contribution in [0.5, 0.6) is 0 Å². The van der Waals surface area contributed by atoms with Gasteiger partial charge in [0.05, 0.1) is 11.2 Å². The molecule has 9 heteroatoms. The van der Waals surface area contributed by atoms with Gasteiger partial charge < -0.3 is 16.0 Å². The fourth-order valence-corrected chi connectivity index (χ4v) is 5.19. The van der Waals surface area contributed by atoms with Crippen LogP contribution < -0.4 is 17.0 Å². The molecule has 3 aliphatic rings. The third-order valence-electron chi connectivity index (χ3n) is 7.00. The lowest BCUT2D eigenvalue weighted by molar-refractivity contribution is -0.0926. The highest BCUT2D eigenvalue weighted by atomic mass is 19.4. The third-order valence-corrected chi connectivity index (χ3v) is 7.00. The molecule has 2 bridgehead atoms. The fourth-order valence-electron chi connectivity index (χ4n) is 5.19. The minimum absolute atomic E-state index is 0.0168. The predicted octanol–water partition coefficient (Wildman–Crippen LogP) is 3.73. The maximum absolute atomic E-state index is 12.9. The van der Waals surface area contributed by atoms with Crippen LogP contribution in [0.15, 0.2) is 59.2 Å². The quantitative estimate of drug-likeness (QED) is 0.573. The van der Waals surface area contributed by atoms with E-state index in [9.17, 15) is 18.0 Å². The molecule has 0 aliphatic carbocycles. The molecule has 3 aromatic rings. The van der Waals surface area contributed by atoms with Crippen LogP contribution >= 0.6 is 0 Å². The Bertz CT molecular complexity index is 1390. The molecular formula is C25H26F3N5O. The number of hydrogen-bond donors (Lipinski definition) is 2. The number of hydrogen-bond acceptors (Lipinski definition) is 4. The summed E-state index contributed by atoms with van der Waals surface area (Å²) in [6, 6.07) is 8.92. The highest BCUT2D eigenvalue weighted by Gasteiger charge is 2.32. The van der Waals surface area contributed by atoms with Gasteiger partial charge in [0.25, 0.3) is 5.56 Å². The van der Waals surface area contributed by atoms with E-state index < -0.39 is 11.9 Å². The molecule has 0 unspecified atom stereocenters.